The molecule has 1 aromatic heterocycles. The lowest BCUT2D eigenvalue weighted by molar-refractivity contribution is 0.0954. The second-order valence-corrected chi connectivity index (χ2v) is 5.88. The lowest BCUT2D eigenvalue weighted by Crippen LogP contribution is -2.25. The minimum absolute atomic E-state index is 0.00650. The smallest absolute Gasteiger partial charge is 0.251 e. The Morgan fingerprint density at radius 1 is 1.50 bits per heavy atom. The van der Waals surface area contributed by atoms with Gasteiger partial charge >= 0.3 is 0 Å². The molecule has 3 rings (SSSR count). The van der Waals surface area contributed by atoms with Crippen LogP contribution in [0.15, 0.2) is 23.6 Å². The van der Waals surface area contributed by atoms with Crippen molar-refractivity contribution in [1.82, 2.24) is 10.3 Å². The second-order valence-electron chi connectivity index (χ2n) is 4.94. The topological polar surface area (TPSA) is 54.0 Å². The van der Waals surface area contributed by atoms with Crippen LogP contribution in [0.5, 0.6) is 0 Å². The number of carbonyl (C=O) groups is 1. The Balaban J connectivity index is 1.56. The van der Waals surface area contributed by atoms with Crippen molar-refractivity contribution < 1.29 is 4.79 Å². The summed E-state index contributed by atoms with van der Waals surface area (Å²) < 4.78 is 0. The van der Waals surface area contributed by atoms with Gasteiger partial charge in [-0.25, -0.2) is 4.98 Å². The van der Waals surface area contributed by atoms with Crippen LogP contribution in [0.1, 0.15) is 26.6 Å². The maximum atomic E-state index is 12.1. The van der Waals surface area contributed by atoms with Crippen LogP contribution in [-0.2, 0) is 12.8 Å². The molecule has 2 aromatic rings. The van der Waals surface area contributed by atoms with E-state index < -0.39 is 0 Å². The number of anilines is 1. The number of nitrogens with zero attached hydrogens (tertiary/aromatic N) is 1. The molecule has 1 aliphatic heterocycles. The Kier molecular flexibility index (Phi) is 3.69. The third-order valence-electron chi connectivity index (χ3n) is 3.37. The van der Waals surface area contributed by atoms with Gasteiger partial charge in [-0.15, -0.1) is 11.3 Å². The molecule has 2 N–H and O–H groups in total. The molecule has 0 saturated carbocycles. The quantitative estimate of drug-likeness (QED) is 0.908. The fourth-order valence-electron chi connectivity index (χ4n) is 2.35. The fourth-order valence-corrected chi connectivity index (χ4v) is 3.12. The van der Waals surface area contributed by atoms with Gasteiger partial charge in [0.2, 0.25) is 0 Å². The van der Waals surface area contributed by atoms with E-state index >= 15 is 0 Å². The largest absolute Gasteiger partial charge is 0.384 e. The van der Waals surface area contributed by atoms with E-state index in [0.29, 0.717) is 6.54 Å². The summed E-state index contributed by atoms with van der Waals surface area (Å²) in [5.41, 5.74) is 4.17. The number of nitrogens with one attached hydrogen (secondary N) is 2. The summed E-state index contributed by atoms with van der Waals surface area (Å²) in [7, 11) is 0. The normalized spacial score (nSPS) is 12.8. The number of aryl methyl sites for hydroxylation is 1. The van der Waals surface area contributed by atoms with Gasteiger partial charge in [-0.05, 0) is 37.1 Å². The number of carbonyl (C=O) groups excluding carboxylic acids is 1. The minimum Gasteiger partial charge on any atom is -0.384 e. The molecule has 0 bridgehead atoms. The number of aromatic nitrogens is 1. The number of rotatable bonds is 4. The first-order valence-electron chi connectivity index (χ1n) is 6.78. The molecule has 1 aromatic carbocycles. The lowest BCUT2D eigenvalue weighted by atomic mass is 10.1. The molecule has 0 spiro atoms. The first-order chi connectivity index (χ1) is 9.72. The van der Waals surface area contributed by atoms with Crippen LogP contribution in [0.3, 0.4) is 0 Å². The molecule has 0 radical (unpaired) electrons. The second kappa shape index (κ2) is 5.63. The predicted molar refractivity (Wildman–Crippen MR) is 81.5 cm³/mol. The van der Waals surface area contributed by atoms with Crippen LogP contribution in [-0.4, -0.2) is 24.0 Å². The summed E-state index contributed by atoms with van der Waals surface area (Å²) >= 11 is 1.64. The van der Waals surface area contributed by atoms with E-state index in [4.69, 9.17) is 0 Å². The standard InChI is InChI=1S/C15H17N3OS/c1-10-9-20-14(18-10)5-7-17-15(19)12-2-3-13-11(8-12)4-6-16-13/h2-3,8-9,16H,4-7H2,1H3,(H,17,19). The molecule has 2 heterocycles. The zero-order chi connectivity index (χ0) is 13.9. The van der Waals surface area contributed by atoms with Crippen LogP contribution in [0, 0.1) is 6.92 Å². The third-order valence-corrected chi connectivity index (χ3v) is 4.39. The molecule has 5 heteroatoms. The van der Waals surface area contributed by atoms with Gasteiger partial charge in [0.15, 0.2) is 0 Å². The highest BCUT2D eigenvalue weighted by Gasteiger charge is 2.13. The van der Waals surface area contributed by atoms with Crippen molar-refractivity contribution in [3.63, 3.8) is 0 Å². The average Bonchev–Trinajstić information content (AvgIpc) is 3.06. The van der Waals surface area contributed by atoms with Crippen molar-refractivity contribution in [2.24, 2.45) is 0 Å². The third kappa shape index (κ3) is 2.82. The SMILES string of the molecule is Cc1csc(CCNC(=O)c2ccc3c(c2)CCN3)n1. The first-order valence-corrected chi connectivity index (χ1v) is 7.66. The maximum absolute atomic E-state index is 12.1. The summed E-state index contributed by atoms with van der Waals surface area (Å²) in [6.07, 6.45) is 1.78. The highest BCUT2D eigenvalue weighted by Crippen LogP contribution is 2.22. The van der Waals surface area contributed by atoms with Gasteiger partial charge in [0.05, 0.1) is 5.01 Å². The van der Waals surface area contributed by atoms with Crippen LogP contribution < -0.4 is 10.6 Å². The number of benzene rings is 1. The zero-order valence-electron chi connectivity index (χ0n) is 11.4. The summed E-state index contributed by atoms with van der Waals surface area (Å²) in [5, 5.41) is 9.35. The van der Waals surface area contributed by atoms with Crippen molar-refractivity contribution in [3.05, 3.63) is 45.4 Å². The molecule has 1 aliphatic rings. The van der Waals surface area contributed by atoms with Gasteiger partial charge < -0.3 is 10.6 Å². The summed E-state index contributed by atoms with van der Waals surface area (Å²) in [4.78, 5) is 16.5. The molecule has 0 aliphatic carbocycles. The van der Waals surface area contributed by atoms with Crippen molar-refractivity contribution in [2.45, 2.75) is 19.8 Å². The van der Waals surface area contributed by atoms with Crippen molar-refractivity contribution in [1.29, 1.82) is 0 Å². The first kappa shape index (κ1) is 13.1. The van der Waals surface area contributed by atoms with Crippen LogP contribution in [0.4, 0.5) is 5.69 Å². The van der Waals surface area contributed by atoms with Crippen LogP contribution >= 0.6 is 11.3 Å². The Morgan fingerprint density at radius 2 is 2.40 bits per heavy atom. The molecule has 104 valence electrons. The Labute approximate surface area is 122 Å². The van der Waals surface area contributed by atoms with E-state index in [0.717, 1.165) is 41.3 Å². The van der Waals surface area contributed by atoms with Crippen molar-refractivity contribution in [3.8, 4) is 0 Å². The number of hydrogen-bond donors (Lipinski definition) is 2. The molecular weight excluding hydrogens is 270 g/mol. The Morgan fingerprint density at radius 3 is 3.20 bits per heavy atom. The average molecular weight is 287 g/mol. The van der Waals surface area contributed by atoms with E-state index in [1.165, 1.54) is 5.56 Å². The Hall–Kier alpha value is -1.88. The van der Waals surface area contributed by atoms with E-state index in [1.54, 1.807) is 11.3 Å². The molecule has 0 atom stereocenters. The van der Waals surface area contributed by atoms with E-state index in [9.17, 15) is 4.79 Å². The molecule has 0 fully saturated rings. The van der Waals surface area contributed by atoms with Crippen molar-refractivity contribution >= 4 is 22.9 Å². The van der Waals surface area contributed by atoms with Gasteiger partial charge in [0.1, 0.15) is 0 Å². The van der Waals surface area contributed by atoms with Gasteiger partial charge in [-0.3, -0.25) is 4.79 Å². The molecule has 0 saturated heterocycles. The summed E-state index contributed by atoms with van der Waals surface area (Å²) in [5.74, 6) is -0.00650. The molecule has 1 amide bonds. The van der Waals surface area contributed by atoms with Gasteiger partial charge in [-0.2, -0.15) is 0 Å². The van der Waals surface area contributed by atoms with Gasteiger partial charge in [-0.1, -0.05) is 0 Å². The number of hydrogen-bond acceptors (Lipinski definition) is 4. The number of amides is 1. The predicted octanol–water partition coefficient (Wildman–Crippen LogP) is 2.39. The van der Waals surface area contributed by atoms with E-state index in [1.807, 2.05) is 30.5 Å². The van der Waals surface area contributed by atoms with Gasteiger partial charge in [0, 0.05) is 41.8 Å². The maximum Gasteiger partial charge on any atom is 0.251 e. The van der Waals surface area contributed by atoms with E-state index in [-0.39, 0.29) is 5.91 Å². The highest BCUT2D eigenvalue weighted by molar-refractivity contribution is 7.09. The van der Waals surface area contributed by atoms with Gasteiger partial charge in [0.25, 0.3) is 5.91 Å². The zero-order valence-corrected chi connectivity index (χ0v) is 12.2. The van der Waals surface area contributed by atoms with Crippen LogP contribution in [0.2, 0.25) is 0 Å². The summed E-state index contributed by atoms with van der Waals surface area (Å²) in [6.45, 7) is 3.57. The summed E-state index contributed by atoms with van der Waals surface area (Å²) in [6, 6.07) is 5.85. The van der Waals surface area contributed by atoms with Crippen molar-refractivity contribution in [2.75, 3.05) is 18.4 Å². The monoisotopic (exact) mass is 287 g/mol. The molecular formula is C15H17N3OS. The Bertz CT molecular complexity index is 636. The fraction of sp³-hybridized carbons (Fsp3) is 0.333. The van der Waals surface area contributed by atoms with Crippen LogP contribution in [0.25, 0.3) is 0 Å². The lowest BCUT2D eigenvalue weighted by Gasteiger charge is -2.06. The minimum atomic E-state index is -0.00650. The van der Waals surface area contributed by atoms with E-state index in [2.05, 4.69) is 15.6 Å². The molecule has 20 heavy (non-hydrogen) atoms. The molecule has 4 nitrogen and oxygen atoms in total. The number of thiazole rings is 1. The highest BCUT2D eigenvalue weighted by atomic mass is 32.1. The number of fused-ring (bicyclic) bond motifs is 1. The molecule has 0 unspecified atom stereocenters.